The maximum absolute atomic E-state index is 12.8. The number of carbonyl (C=O) groups is 2. The van der Waals surface area contributed by atoms with E-state index in [1.807, 2.05) is 0 Å². The second-order valence-corrected chi connectivity index (χ2v) is 7.28. The van der Waals surface area contributed by atoms with Gasteiger partial charge in [0, 0.05) is 26.1 Å². The number of hydrogen-bond donors (Lipinski definition) is 1. The molecule has 1 aliphatic heterocycles. The first kappa shape index (κ1) is 23.4. The zero-order valence-corrected chi connectivity index (χ0v) is 16.5. The Balaban J connectivity index is 1.53. The quantitative estimate of drug-likeness (QED) is 0.656. The molecule has 1 N–H and O–H groups in total. The summed E-state index contributed by atoms with van der Waals surface area (Å²) in [6.07, 6.45) is -9.36. The molecule has 2 aromatic rings. The van der Waals surface area contributed by atoms with E-state index in [1.165, 1.54) is 29.2 Å². The van der Waals surface area contributed by atoms with E-state index in [1.54, 1.807) is 0 Å². The summed E-state index contributed by atoms with van der Waals surface area (Å²) in [5, 5.41) is 2.55. The number of nitrogens with zero attached hydrogens (tertiary/aromatic N) is 1. The van der Waals surface area contributed by atoms with Crippen molar-refractivity contribution in [3.8, 4) is 5.75 Å². The first-order valence-electron chi connectivity index (χ1n) is 9.47. The Kier molecular flexibility index (Phi) is 6.65. The lowest BCUT2D eigenvalue weighted by molar-refractivity contribution is -0.274. The SMILES string of the molecule is O=C(NCc1cccc(C(F)(F)F)c1)C1CC(=O)N(Cc2ccc(OC(F)(F)F)cc2)C1. The second-order valence-electron chi connectivity index (χ2n) is 7.28. The van der Waals surface area contributed by atoms with E-state index in [9.17, 15) is 35.9 Å². The van der Waals surface area contributed by atoms with Crippen LogP contribution >= 0.6 is 0 Å². The highest BCUT2D eigenvalue weighted by Gasteiger charge is 2.35. The smallest absolute Gasteiger partial charge is 0.406 e. The van der Waals surface area contributed by atoms with Gasteiger partial charge in [-0.05, 0) is 35.4 Å². The molecule has 0 spiro atoms. The fourth-order valence-electron chi connectivity index (χ4n) is 3.31. The van der Waals surface area contributed by atoms with Crippen LogP contribution in [0.1, 0.15) is 23.1 Å². The summed E-state index contributed by atoms with van der Waals surface area (Å²) < 4.78 is 78.8. The number of benzene rings is 2. The highest BCUT2D eigenvalue weighted by molar-refractivity contribution is 5.89. The number of ether oxygens (including phenoxy) is 1. The van der Waals surface area contributed by atoms with Gasteiger partial charge in [0.1, 0.15) is 5.75 Å². The Hall–Kier alpha value is -3.24. The molecule has 1 saturated heterocycles. The molecule has 11 heteroatoms. The summed E-state index contributed by atoms with van der Waals surface area (Å²) in [5.41, 5.74) is 0.00605. The normalized spacial score (nSPS) is 16.9. The number of likely N-dealkylation sites (tertiary alicyclic amines) is 1. The number of halogens is 6. The maximum atomic E-state index is 12.8. The highest BCUT2D eigenvalue weighted by atomic mass is 19.4. The van der Waals surface area contributed by atoms with Crippen LogP contribution in [0.2, 0.25) is 0 Å². The predicted molar refractivity (Wildman–Crippen MR) is 99.9 cm³/mol. The average molecular weight is 460 g/mol. The number of carbonyl (C=O) groups excluding carboxylic acids is 2. The van der Waals surface area contributed by atoms with Crippen molar-refractivity contribution in [3.05, 3.63) is 65.2 Å². The van der Waals surface area contributed by atoms with Gasteiger partial charge in [0.25, 0.3) is 0 Å². The Morgan fingerprint density at radius 3 is 2.34 bits per heavy atom. The first-order chi connectivity index (χ1) is 14.9. The van der Waals surface area contributed by atoms with Gasteiger partial charge in [-0.1, -0.05) is 24.3 Å². The Labute approximate surface area is 179 Å². The summed E-state index contributed by atoms with van der Waals surface area (Å²) in [7, 11) is 0. The number of rotatable bonds is 6. The minimum absolute atomic E-state index is 0.0658. The van der Waals surface area contributed by atoms with Gasteiger partial charge in [0.2, 0.25) is 11.8 Å². The van der Waals surface area contributed by atoms with E-state index in [2.05, 4.69) is 10.1 Å². The van der Waals surface area contributed by atoms with E-state index in [4.69, 9.17) is 0 Å². The van der Waals surface area contributed by atoms with Crippen LogP contribution in [0.25, 0.3) is 0 Å². The van der Waals surface area contributed by atoms with Crippen molar-refractivity contribution >= 4 is 11.8 Å². The third kappa shape index (κ3) is 6.38. The minimum atomic E-state index is -4.80. The van der Waals surface area contributed by atoms with Crippen LogP contribution < -0.4 is 10.1 Å². The number of alkyl halides is 6. The topological polar surface area (TPSA) is 58.6 Å². The molecule has 172 valence electrons. The second kappa shape index (κ2) is 9.09. The summed E-state index contributed by atoms with van der Waals surface area (Å²) >= 11 is 0. The fraction of sp³-hybridized carbons (Fsp3) is 0.333. The van der Waals surface area contributed by atoms with Gasteiger partial charge < -0.3 is 15.0 Å². The van der Waals surface area contributed by atoms with Crippen LogP contribution in [0.4, 0.5) is 26.3 Å². The average Bonchev–Trinajstić information content (AvgIpc) is 3.06. The van der Waals surface area contributed by atoms with Crippen molar-refractivity contribution in [1.82, 2.24) is 10.2 Å². The van der Waals surface area contributed by atoms with Gasteiger partial charge in [-0.3, -0.25) is 9.59 Å². The number of amides is 2. The van der Waals surface area contributed by atoms with E-state index >= 15 is 0 Å². The van der Waals surface area contributed by atoms with Gasteiger partial charge in [0.15, 0.2) is 0 Å². The summed E-state index contributed by atoms with van der Waals surface area (Å²) in [6.45, 7) is 0.0741. The summed E-state index contributed by atoms with van der Waals surface area (Å²) in [5.74, 6) is -1.84. The van der Waals surface area contributed by atoms with Crippen molar-refractivity contribution in [3.63, 3.8) is 0 Å². The maximum Gasteiger partial charge on any atom is 0.573 e. The zero-order valence-electron chi connectivity index (χ0n) is 16.5. The molecular formula is C21H18F6N2O3. The standard InChI is InChI=1S/C21H18F6N2O3/c22-20(23,24)16-3-1-2-14(8-16)10-28-19(31)15-9-18(30)29(12-15)11-13-4-6-17(7-5-13)32-21(25,26)27/h1-8,15H,9-12H2,(H,28,31). The van der Waals surface area contributed by atoms with Gasteiger partial charge in [-0.2, -0.15) is 13.2 Å². The first-order valence-corrected chi connectivity index (χ1v) is 9.47. The van der Waals surface area contributed by atoms with Crippen molar-refractivity contribution in [2.45, 2.75) is 32.0 Å². The number of nitrogens with one attached hydrogen (secondary N) is 1. The van der Waals surface area contributed by atoms with Gasteiger partial charge in [-0.25, -0.2) is 0 Å². The van der Waals surface area contributed by atoms with Crippen LogP contribution in [-0.2, 0) is 28.9 Å². The molecule has 0 bridgehead atoms. The highest BCUT2D eigenvalue weighted by Crippen LogP contribution is 2.29. The summed E-state index contributed by atoms with van der Waals surface area (Å²) in [6, 6.07) is 9.60. The molecule has 32 heavy (non-hydrogen) atoms. The molecule has 0 radical (unpaired) electrons. The van der Waals surface area contributed by atoms with Crippen LogP contribution in [0, 0.1) is 5.92 Å². The molecule has 1 heterocycles. The Morgan fingerprint density at radius 1 is 1.03 bits per heavy atom. The molecule has 0 aromatic heterocycles. The fourth-order valence-corrected chi connectivity index (χ4v) is 3.31. The largest absolute Gasteiger partial charge is 0.573 e. The molecular weight excluding hydrogens is 442 g/mol. The van der Waals surface area contributed by atoms with Crippen LogP contribution in [0.3, 0.4) is 0 Å². The van der Waals surface area contributed by atoms with Gasteiger partial charge >= 0.3 is 12.5 Å². The molecule has 1 fully saturated rings. The van der Waals surface area contributed by atoms with Crippen molar-refractivity contribution in [2.75, 3.05) is 6.54 Å². The number of hydrogen-bond acceptors (Lipinski definition) is 3. The van der Waals surface area contributed by atoms with Crippen molar-refractivity contribution in [2.24, 2.45) is 5.92 Å². The molecule has 1 atom stereocenters. The van der Waals surface area contributed by atoms with Crippen LogP contribution in [0.15, 0.2) is 48.5 Å². The lowest BCUT2D eigenvalue weighted by Gasteiger charge is -2.17. The minimum Gasteiger partial charge on any atom is -0.406 e. The van der Waals surface area contributed by atoms with Gasteiger partial charge in [0.05, 0.1) is 11.5 Å². The monoisotopic (exact) mass is 460 g/mol. The molecule has 3 rings (SSSR count). The lowest BCUT2D eigenvalue weighted by Crippen LogP contribution is -2.32. The van der Waals surface area contributed by atoms with E-state index < -0.39 is 29.9 Å². The zero-order chi connectivity index (χ0) is 23.5. The van der Waals surface area contributed by atoms with E-state index in [0.29, 0.717) is 5.56 Å². The molecule has 0 saturated carbocycles. The van der Waals surface area contributed by atoms with Crippen LogP contribution in [0.5, 0.6) is 5.75 Å². The van der Waals surface area contributed by atoms with Crippen molar-refractivity contribution < 1.29 is 40.7 Å². The predicted octanol–water partition coefficient (Wildman–Crippen LogP) is 4.27. The van der Waals surface area contributed by atoms with Gasteiger partial charge in [-0.15, -0.1) is 13.2 Å². The van der Waals surface area contributed by atoms with E-state index in [0.717, 1.165) is 24.3 Å². The molecule has 1 aliphatic rings. The van der Waals surface area contributed by atoms with Crippen LogP contribution in [-0.4, -0.2) is 29.6 Å². The third-order valence-electron chi connectivity index (χ3n) is 4.84. The Morgan fingerprint density at radius 2 is 1.72 bits per heavy atom. The third-order valence-corrected chi connectivity index (χ3v) is 4.84. The Bertz CT molecular complexity index is 973. The molecule has 2 amide bonds. The molecule has 5 nitrogen and oxygen atoms in total. The lowest BCUT2D eigenvalue weighted by atomic mass is 10.1. The molecule has 1 unspecified atom stereocenters. The van der Waals surface area contributed by atoms with E-state index in [-0.39, 0.29) is 43.3 Å². The molecule has 2 aromatic carbocycles. The molecule has 0 aliphatic carbocycles. The summed E-state index contributed by atoms with van der Waals surface area (Å²) in [4.78, 5) is 26.0. The van der Waals surface area contributed by atoms with Crippen molar-refractivity contribution in [1.29, 1.82) is 0 Å².